The molecule has 1 aliphatic rings. The predicted molar refractivity (Wildman–Crippen MR) is 123 cm³/mol. The molecule has 0 atom stereocenters. The van der Waals surface area contributed by atoms with Crippen molar-refractivity contribution in [1.29, 1.82) is 0 Å². The van der Waals surface area contributed by atoms with E-state index >= 15 is 0 Å². The Kier molecular flexibility index (Phi) is 6.69. The van der Waals surface area contributed by atoms with Crippen LogP contribution in [0.25, 0.3) is 16.9 Å². The molecule has 3 N–H and O–H groups in total. The van der Waals surface area contributed by atoms with Gasteiger partial charge in [-0.05, 0) is 43.4 Å². The van der Waals surface area contributed by atoms with Gasteiger partial charge in [0.1, 0.15) is 18.0 Å². The number of nitrogens with zero attached hydrogens (tertiary/aromatic N) is 3. The first-order valence-corrected chi connectivity index (χ1v) is 10.9. The molecule has 11 heteroatoms. The number of aliphatic hydroxyl groups is 1. The molecule has 3 aromatic rings. The van der Waals surface area contributed by atoms with Gasteiger partial charge in [-0.3, -0.25) is 9.20 Å². The van der Waals surface area contributed by atoms with Gasteiger partial charge in [0.2, 0.25) is 0 Å². The minimum atomic E-state index is -4.31. The normalized spacial score (nSPS) is 14.3. The Morgan fingerprint density at radius 3 is 2.74 bits per heavy atom. The molecule has 0 aliphatic heterocycles. The SMILES string of the molecule is COC1(NC(=O)c2ccc(-c3cnc4c(NCCC(F)(F)F)nc(C#CCO)cn34)cc2C)CC1. The van der Waals surface area contributed by atoms with Gasteiger partial charge in [-0.25, -0.2) is 9.97 Å². The Morgan fingerprint density at radius 2 is 2.11 bits per heavy atom. The van der Waals surface area contributed by atoms with Crippen LogP contribution in [0.2, 0.25) is 0 Å². The largest absolute Gasteiger partial charge is 0.390 e. The zero-order chi connectivity index (χ0) is 25.2. The molecule has 1 aromatic carbocycles. The second-order valence-corrected chi connectivity index (χ2v) is 8.25. The number of halogens is 3. The minimum absolute atomic E-state index is 0.146. The number of imidazole rings is 1. The maximum atomic E-state index is 12.7. The molecule has 0 saturated heterocycles. The van der Waals surface area contributed by atoms with Crippen molar-refractivity contribution in [2.45, 2.75) is 38.1 Å². The van der Waals surface area contributed by atoms with Gasteiger partial charge in [0.05, 0.1) is 18.3 Å². The lowest BCUT2D eigenvalue weighted by atomic mass is 10.0. The van der Waals surface area contributed by atoms with Crippen LogP contribution < -0.4 is 10.6 Å². The monoisotopic (exact) mass is 487 g/mol. The van der Waals surface area contributed by atoms with Gasteiger partial charge in [-0.1, -0.05) is 12.0 Å². The van der Waals surface area contributed by atoms with Crippen molar-refractivity contribution in [3.63, 3.8) is 0 Å². The molecule has 0 spiro atoms. The summed E-state index contributed by atoms with van der Waals surface area (Å²) in [5.74, 6) is 5.09. The highest BCUT2D eigenvalue weighted by molar-refractivity contribution is 5.96. The molecule has 0 unspecified atom stereocenters. The molecule has 8 nitrogen and oxygen atoms in total. The third-order valence-electron chi connectivity index (χ3n) is 5.69. The van der Waals surface area contributed by atoms with Crippen LogP contribution in [0.1, 0.15) is 40.9 Å². The summed E-state index contributed by atoms with van der Waals surface area (Å²) in [6, 6.07) is 5.32. The van der Waals surface area contributed by atoms with E-state index < -0.39 is 18.3 Å². The summed E-state index contributed by atoms with van der Waals surface area (Å²) in [6.45, 7) is 1.05. The first-order chi connectivity index (χ1) is 16.6. The number of alkyl halides is 3. The fourth-order valence-corrected chi connectivity index (χ4v) is 3.68. The smallest absolute Gasteiger partial charge is 0.384 e. The van der Waals surface area contributed by atoms with E-state index in [1.165, 1.54) is 0 Å². The maximum absolute atomic E-state index is 12.7. The summed E-state index contributed by atoms with van der Waals surface area (Å²) in [4.78, 5) is 21.3. The molecule has 184 valence electrons. The van der Waals surface area contributed by atoms with Crippen LogP contribution in [0, 0.1) is 18.8 Å². The number of hydrogen-bond acceptors (Lipinski definition) is 6. The number of hydrogen-bond donors (Lipinski definition) is 3. The number of nitrogens with one attached hydrogen (secondary N) is 2. The number of benzene rings is 1. The molecule has 1 fully saturated rings. The number of ether oxygens (including phenoxy) is 1. The van der Waals surface area contributed by atoms with Gasteiger partial charge in [0, 0.05) is 31.0 Å². The topological polar surface area (TPSA) is 101 Å². The number of aryl methyl sites for hydroxylation is 1. The van der Waals surface area contributed by atoms with Crippen molar-refractivity contribution in [1.82, 2.24) is 19.7 Å². The number of carbonyl (C=O) groups excluding carboxylic acids is 1. The number of aliphatic hydroxyl groups excluding tert-OH is 1. The van der Waals surface area contributed by atoms with Gasteiger partial charge in [0.15, 0.2) is 11.5 Å². The minimum Gasteiger partial charge on any atom is -0.384 e. The lowest BCUT2D eigenvalue weighted by molar-refractivity contribution is -0.131. The van der Waals surface area contributed by atoms with E-state index in [4.69, 9.17) is 9.84 Å². The van der Waals surface area contributed by atoms with Crippen LogP contribution in [0.3, 0.4) is 0 Å². The van der Waals surface area contributed by atoms with Crippen LogP contribution in [-0.4, -0.2) is 57.5 Å². The molecule has 0 bridgehead atoms. The lowest BCUT2D eigenvalue weighted by Crippen LogP contribution is -2.38. The molecule has 2 aromatic heterocycles. The molecular weight excluding hydrogens is 463 g/mol. The fourth-order valence-electron chi connectivity index (χ4n) is 3.68. The molecule has 2 heterocycles. The van der Waals surface area contributed by atoms with E-state index in [0.29, 0.717) is 16.9 Å². The van der Waals surface area contributed by atoms with E-state index in [2.05, 4.69) is 32.4 Å². The van der Waals surface area contributed by atoms with Crippen LogP contribution in [-0.2, 0) is 4.74 Å². The number of fused-ring (bicyclic) bond motifs is 1. The Balaban J connectivity index is 1.67. The number of rotatable bonds is 7. The third-order valence-corrected chi connectivity index (χ3v) is 5.69. The van der Waals surface area contributed by atoms with Crippen molar-refractivity contribution < 1.29 is 27.8 Å². The number of methoxy groups -OCH3 is 1. The van der Waals surface area contributed by atoms with Crippen LogP contribution in [0.4, 0.5) is 19.0 Å². The summed E-state index contributed by atoms with van der Waals surface area (Å²) in [5.41, 5.74) is 2.62. The number of amides is 1. The molecule has 1 amide bonds. The Bertz CT molecular complexity index is 1320. The molecule has 4 rings (SSSR count). The first kappa shape index (κ1) is 24.5. The van der Waals surface area contributed by atoms with E-state index in [-0.39, 0.29) is 30.6 Å². The highest BCUT2D eigenvalue weighted by atomic mass is 19.4. The van der Waals surface area contributed by atoms with Crippen molar-refractivity contribution in [2.75, 3.05) is 25.6 Å². The highest BCUT2D eigenvalue weighted by Crippen LogP contribution is 2.36. The maximum Gasteiger partial charge on any atom is 0.390 e. The molecule has 0 radical (unpaired) electrons. The second-order valence-electron chi connectivity index (χ2n) is 8.25. The summed E-state index contributed by atoms with van der Waals surface area (Å²) in [5, 5.41) is 14.6. The van der Waals surface area contributed by atoms with Crippen LogP contribution in [0.15, 0.2) is 30.6 Å². The van der Waals surface area contributed by atoms with E-state index in [0.717, 1.165) is 24.0 Å². The second kappa shape index (κ2) is 9.56. The average molecular weight is 487 g/mol. The number of aromatic nitrogens is 3. The Hall–Kier alpha value is -3.62. The van der Waals surface area contributed by atoms with Crippen LogP contribution in [0.5, 0.6) is 0 Å². The van der Waals surface area contributed by atoms with Gasteiger partial charge < -0.3 is 20.5 Å². The Labute approximate surface area is 199 Å². The lowest BCUT2D eigenvalue weighted by Gasteiger charge is -2.16. The zero-order valence-corrected chi connectivity index (χ0v) is 19.2. The van der Waals surface area contributed by atoms with Gasteiger partial charge >= 0.3 is 6.18 Å². The predicted octanol–water partition coefficient (Wildman–Crippen LogP) is 3.28. The average Bonchev–Trinajstić information content (AvgIpc) is 3.44. The molecule has 35 heavy (non-hydrogen) atoms. The molecule has 1 saturated carbocycles. The molecular formula is C24H24F3N5O3. The number of carbonyl (C=O) groups is 1. The summed E-state index contributed by atoms with van der Waals surface area (Å²) >= 11 is 0. The van der Waals surface area contributed by atoms with E-state index in [1.54, 1.807) is 36.0 Å². The molecule has 1 aliphatic carbocycles. The van der Waals surface area contributed by atoms with E-state index in [9.17, 15) is 18.0 Å². The van der Waals surface area contributed by atoms with E-state index in [1.807, 2.05) is 13.0 Å². The number of anilines is 1. The summed E-state index contributed by atoms with van der Waals surface area (Å²) in [6.07, 6.45) is -0.638. The van der Waals surface area contributed by atoms with Crippen molar-refractivity contribution >= 4 is 17.4 Å². The van der Waals surface area contributed by atoms with Gasteiger partial charge in [-0.2, -0.15) is 13.2 Å². The summed E-state index contributed by atoms with van der Waals surface area (Å²) in [7, 11) is 1.56. The van der Waals surface area contributed by atoms with Gasteiger partial charge in [-0.15, -0.1) is 0 Å². The highest BCUT2D eigenvalue weighted by Gasteiger charge is 2.44. The zero-order valence-electron chi connectivity index (χ0n) is 19.2. The third kappa shape index (κ3) is 5.55. The quantitative estimate of drug-likeness (QED) is 0.349. The fraction of sp³-hybridized carbons (Fsp3) is 0.375. The first-order valence-electron chi connectivity index (χ1n) is 10.9. The van der Waals surface area contributed by atoms with Crippen LogP contribution >= 0.6 is 0 Å². The van der Waals surface area contributed by atoms with Crippen molar-refractivity contribution in [2.24, 2.45) is 0 Å². The van der Waals surface area contributed by atoms with Crippen molar-refractivity contribution in [3.8, 4) is 23.1 Å². The summed E-state index contributed by atoms with van der Waals surface area (Å²) < 4.78 is 44.9. The van der Waals surface area contributed by atoms with Crippen molar-refractivity contribution in [3.05, 3.63) is 47.4 Å². The standard InChI is InChI=1S/C24H24F3N5O3/c1-15-12-16(5-6-18(15)22(34)31-23(35-2)7-8-23)19-13-29-21-20(28-10-9-24(25,26)27)30-17(4-3-11-33)14-32(19)21/h5-6,12-14,33H,7-11H2,1-2H3,(H,28,30)(H,31,34). The Morgan fingerprint density at radius 1 is 1.34 bits per heavy atom. The van der Waals surface area contributed by atoms with Gasteiger partial charge in [0.25, 0.3) is 5.91 Å².